The first-order chi connectivity index (χ1) is 14.2. The maximum Gasteiger partial charge on any atom is 0.337 e. The van der Waals surface area contributed by atoms with Crippen LogP contribution in [0.5, 0.6) is 0 Å². The topological polar surface area (TPSA) is 110 Å². The summed E-state index contributed by atoms with van der Waals surface area (Å²) in [5.41, 5.74) is 2.05. The Morgan fingerprint density at radius 2 is 1.80 bits per heavy atom. The van der Waals surface area contributed by atoms with Crippen molar-refractivity contribution in [2.24, 2.45) is 0 Å². The average molecular weight is 430 g/mol. The van der Waals surface area contributed by atoms with E-state index in [1.165, 1.54) is 24.1 Å². The van der Waals surface area contributed by atoms with E-state index in [4.69, 9.17) is 0 Å². The molecule has 0 unspecified atom stereocenters. The number of hydrogen-bond acceptors (Lipinski definition) is 6. The van der Waals surface area contributed by atoms with E-state index < -0.39 is 27.8 Å². The van der Waals surface area contributed by atoms with E-state index >= 15 is 0 Å². The lowest BCUT2D eigenvalue weighted by molar-refractivity contribution is -0.120. The summed E-state index contributed by atoms with van der Waals surface area (Å²) in [5, 5.41) is 2.71. The highest BCUT2D eigenvalue weighted by Gasteiger charge is 2.36. The van der Waals surface area contributed by atoms with Crippen molar-refractivity contribution in [3.63, 3.8) is 0 Å². The van der Waals surface area contributed by atoms with E-state index in [2.05, 4.69) is 10.1 Å². The summed E-state index contributed by atoms with van der Waals surface area (Å²) in [6.45, 7) is 0.234. The first-order valence-electron chi connectivity index (χ1n) is 9.25. The second-order valence-corrected chi connectivity index (χ2v) is 9.34. The summed E-state index contributed by atoms with van der Waals surface area (Å²) in [4.78, 5) is 38.8. The molecule has 8 nitrogen and oxygen atoms in total. The molecule has 9 heteroatoms. The molecule has 1 aliphatic heterocycles. The van der Waals surface area contributed by atoms with Crippen molar-refractivity contribution in [1.29, 1.82) is 0 Å². The number of carbonyl (C=O) groups is 3. The van der Waals surface area contributed by atoms with Gasteiger partial charge in [-0.25, -0.2) is 13.2 Å². The standard InChI is InChI=1S/C21H22N2O6S/c1-29-21(26)14-7-9-16(10-8-14)22-19(24)18(11-12-30(2,27)28)23-13-15-5-3-4-6-17(15)20(23)25/h3-10,18H,11-13H2,1-2H3,(H,22,24)/t18-/m0/s1. The molecule has 0 spiro atoms. The Morgan fingerprint density at radius 3 is 2.40 bits per heavy atom. The molecule has 1 atom stereocenters. The molecule has 2 amide bonds. The smallest absolute Gasteiger partial charge is 0.337 e. The van der Waals surface area contributed by atoms with Gasteiger partial charge in [0.05, 0.1) is 18.4 Å². The third-order valence-corrected chi connectivity index (χ3v) is 5.84. The number of rotatable bonds is 7. The Labute approximate surface area is 174 Å². The molecule has 0 fully saturated rings. The molecular weight excluding hydrogens is 408 g/mol. The fraction of sp³-hybridized carbons (Fsp3) is 0.286. The molecule has 1 N–H and O–H groups in total. The molecule has 0 aromatic heterocycles. The van der Waals surface area contributed by atoms with Crippen molar-refractivity contribution in [1.82, 2.24) is 4.90 Å². The van der Waals surface area contributed by atoms with Gasteiger partial charge in [-0.3, -0.25) is 9.59 Å². The maximum atomic E-state index is 13.0. The van der Waals surface area contributed by atoms with Crippen LogP contribution in [0.3, 0.4) is 0 Å². The van der Waals surface area contributed by atoms with Crippen molar-refractivity contribution in [3.05, 3.63) is 65.2 Å². The van der Waals surface area contributed by atoms with Gasteiger partial charge in [-0.15, -0.1) is 0 Å². The molecule has 0 saturated carbocycles. The van der Waals surface area contributed by atoms with Crippen LogP contribution < -0.4 is 5.32 Å². The molecule has 1 heterocycles. The number of benzene rings is 2. The summed E-state index contributed by atoms with van der Waals surface area (Å²) in [7, 11) is -2.05. The highest BCUT2D eigenvalue weighted by molar-refractivity contribution is 7.90. The number of fused-ring (bicyclic) bond motifs is 1. The number of methoxy groups -OCH3 is 1. The van der Waals surface area contributed by atoms with E-state index in [0.29, 0.717) is 16.8 Å². The van der Waals surface area contributed by atoms with Gasteiger partial charge in [-0.05, 0) is 42.3 Å². The zero-order valence-corrected chi connectivity index (χ0v) is 17.4. The quantitative estimate of drug-likeness (QED) is 0.672. The minimum absolute atomic E-state index is 0.0232. The van der Waals surface area contributed by atoms with Crippen LogP contribution >= 0.6 is 0 Å². The fourth-order valence-electron chi connectivity index (χ4n) is 3.32. The lowest BCUT2D eigenvalue weighted by Crippen LogP contribution is -2.45. The number of nitrogens with one attached hydrogen (secondary N) is 1. The lowest BCUT2D eigenvalue weighted by Gasteiger charge is -2.26. The lowest BCUT2D eigenvalue weighted by atomic mass is 10.1. The van der Waals surface area contributed by atoms with E-state index in [1.54, 1.807) is 24.3 Å². The minimum atomic E-state index is -3.33. The molecule has 30 heavy (non-hydrogen) atoms. The van der Waals surface area contributed by atoms with Crippen LogP contribution in [-0.4, -0.2) is 56.3 Å². The summed E-state index contributed by atoms with van der Waals surface area (Å²) >= 11 is 0. The molecule has 0 saturated heterocycles. The zero-order chi connectivity index (χ0) is 21.9. The third-order valence-electron chi connectivity index (χ3n) is 4.86. The summed E-state index contributed by atoms with van der Waals surface area (Å²) in [6, 6.07) is 12.2. The molecule has 0 aliphatic carbocycles. The van der Waals surface area contributed by atoms with Crippen molar-refractivity contribution in [2.45, 2.75) is 19.0 Å². The molecule has 158 valence electrons. The molecule has 0 radical (unpaired) electrons. The number of carbonyl (C=O) groups excluding carboxylic acids is 3. The molecule has 1 aliphatic rings. The van der Waals surface area contributed by atoms with Gasteiger partial charge in [0.2, 0.25) is 5.91 Å². The van der Waals surface area contributed by atoms with Gasteiger partial charge in [0.15, 0.2) is 0 Å². The van der Waals surface area contributed by atoms with Crippen LogP contribution in [0.1, 0.15) is 32.7 Å². The number of esters is 1. The van der Waals surface area contributed by atoms with E-state index in [0.717, 1.165) is 11.8 Å². The Hall–Kier alpha value is -3.20. The largest absolute Gasteiger partial charge is 0.465 e. The Morgan fingerprint density at radius 1 is 1.13 bits per heavy atom. The number of hydrogen-bond donors (Lipinski definition) is 1. The van der Waals surface area contributed by atoms with Crippen molar-refractivity contribution < 1.29 is 27.5 Å². The molecule has 3 rings (SSSR count). The maximum absolute atomic E-state index is 13.0. The average Bonchev–Trinajstić information content (AvgIpc) is 3.04. The predicted molar refractivity (Wildman–Crippen MR) is 111 cm³/mol. The van der Waals surface area contributed by atoms with Gasteiger partial charge in [0.25, 0.3) is 5.91 Å². The van der Waals surface area contributed by atoms with E-state index in [1.807, 2.05) is 12.1 Å². The van der Waals surface area contributed by atoms with Crippen LogP contribution in [0.2, 0.25) is 0 Å². The van der Waals surface area contributed by atoms with Crippen molar-refractivity contribution in [2.75, 3.05) is 24.4 Å². The second kappa shape index (κ2) is 8.66. The number of anilines is 1. The Bertz CT molecular complexity index is 1080. The molecule has 2 aromatic rings. The van der Waals surface area contributed by atoms with Gasteiger partial charge < -0.3 is 15.0 Å². The third kappa shape index (κ3) is 4.85. The van der Waals surface area contributed by atoms with Gasteiger partial charge in [-0.2, -0.15) is 0 Å². The van der Waals surface area contributed by atoms with Gasteiger partial charge in [0.1, 0.15) is 15.9 Å². The summed E-state index contributed by atoms with van der Waals surface area (Å²) < 4.78 is 28.0. The predicted octanol–water partition coefficient (Wildman–Crippen LogP) is 1.87. The van der Waals surface area contributed by atoms with Crippen LogP contribution in [0.4, 0.5) is 5.69 Å². The highest BCUT2D eigenvalue weighted by Crippen LogP contribution is 2.26. The van der Waals surface area contributed by atoms with Crippen LogP contribution in [0.25, 0.3) is 0 Å². The number of ether oxygens (including phenoxy) is 1. The highest BCUT2D eigenvalue weighted by atomic mass is 32.2. The fourth-order valence-corrected chi connectivity index (χ4v) is 3.97. The minimum Gasteiger partial charge on any atom is -0.465 e. The number of amides is 2. The normalized spacial score (nSPS) is 14.2. The summed E-state index contributed by atoms with van der Waals surface area (Å²) in [5.74, 6) is -1.53. The van der Waals surface area contributed by atoms with Crippen LogP contribution in [-0.2, 0) is 25.9 Å². The van der Waals surface area contributed by atoms with Crippen LogP contribution in [0, 0.1) is 0 Å². The molecule has 0 bridgehead atoms. The SMILES string of the molecule is COC(=O)c1ccc(NC(=O)[C@H](CCS(C)(=O)=O)N2Cc3ccccc3C2=O)cc1. The molecule has 2 aromatic carbocycles. The second-order valence-electron chi connectivity index (χ2n) is 7.08. The first kappa shape index (κ1) is 21.5. The monoisotopic (exact) mass is 430 g/mol. The first-order valence-corrected chi connectivity index (χ1v) is 11.3. The van der Waals surface area contributed by atoms with Crippen molar-refractivity contribution >= 4 is 33.3 Å². The van der Waals surface area contributed by atoms with E-state index in [-0.39, 0.29) is 24.6 Å². The van der Waals surface area contributed by atoms with Crippen LogP contribution in [0.15, 0.2) is 48.5 Å². The van der Waals surface area contributed by atoms with Gasteiger partial charge >= 0.3 is 5.97 Å². The Kier molecular flexibility index (Phi) is 6.21. The van der Waals surface area contributed by atoms with E-state index in [9.17, 15) is 22.8 Å². The zero-order valence-electron chi connectivity index (χ0n) is 16.6. The number of nitrogens with zero attached hydrogens (tertiary/aromatic N) is 1. The molecular formula is C21H22N2O6S. The van der Waals surface area contributed by atoms with Gasteiger partial charge in [-0.1, -0.05) is 18.2 Å². The number of sulfone groups is 1. The van der Waals surface area contributed by atoms with Crippen molar-refractivity contribution in [3.8, 4) is 0 Å². The van der Waals surface area contributed by atoms with Gasteiger partial charge in [0, 0.05) is 24.1 Å². The summed E-state index contributed by atoms with van der Waals surface area (Å²) in [6.07, 6.45) is 1.07. The Balaban J connectivity index is 1.81.